The summed E-state index contributed by atoms with van der Waals surface area (Å²) in [6.07, 6.45) is 47.2. The van der Waals surface area contributed by atoms with Crippen molar-refractivity contribution >= 4 is 16.0 Å². The van der Waals surface area contributed by atoms with Crippen LogP contribution in [0.1, 0.15) is 136 Å². The second kappa shape index (κ2) is 32.5. The number of aliphatic hydroxyl groups is 1. The van der Waals surface area contributed by atoms with Crippen molar-refractivity contribution in [1.82, 2.24) is 5.32 Å². The van der Waals surface area contributed by atoms with Crippen molar-refractivity contribution in [3.05, 3.63) is 85.1 Å². The lowest BCUT2D eigenvalue weighted by molar-refractivity contribution is -0.122. The number of allylic oxidation sites excluding steroid dienone is 13. The van der Waals surface area contributed by atoms with E-state index < -0.39 is 28.0 Å². The molecule has 0 spiro atoms. The molecule has 0 saturated heterocycles. The van der Waals surface area contributed by atoms with Crippen molar-refractivity contribution in [3.63, 3.8) is 0 Å². The standard InChI is InChI=1S/C39H65NO5S/c1-3-5-7-9-11-13-14-15-16-17-18-19-20-21-22-23-24-25-26-27-29-31-33-35-39(42)40-37(36-46(43,44)45)38(41)34-32-30-28-12-10-8-6-4-2/h5,7,11,13,15-16,18-19,21-22,24-25,32,34,37-38,41H,3-4,6,8-10,12,14,17,20,23,26-31,33,35-36H2,1-2H3,(H,40,42)(H,43,44,45)/b7-5-,13-11-,16-15-,19-18-,22-21-,25-24-,34-32+. The van der Waals surface area contributed by atoms with Gasteiger partial charge in [-0.3, -0.25) is 9.35 Å². The van der Waals surface area contributed by atoms with Gasteiger partial charge in [0, 0.05) is 6.42 Å². The van der Waals surface area contributed by atoms with Gasteiger partial charge in [-0.05, 0) is 70.6 Å². The minimum atomic E-state index is -4.35. The first-order chi connectivity index (χ1) is 22.3. The van der Waals surface area contributed by atoms with E-state index in [1.165, 1.54) is 31.8 Å². The van der Waals surface area contributed by atoms with Crippen molar-refractivity contribution in [3.8, 4) is 0 Å². The Hall–Kier alpha value is -2.48. The molecule has 0 aliphatic heterocycles. The van der Waals surface area contributed by atoms with Gasteiger partial charge in [0.2, 0.25) is 5.91 Å². The fourth-order valence-corrected chi connectivity index (χ4v) is 5.42. The van der Waals surface area contributed by atoms with E-state index in [1.54, 1.807) is 0 Å². The molecular weight excluding hydrogens is 594 g/mol. The monoisotopic (exact) mass is 659 g/mol. The highest BCUT2D eigenvalue weighted by atomic mass is 32.2. The second-order valence-electron chi connectivity index (χ2n) is 11.8. The molecule has 0 aromatic rings. The first kappa shape index (κ1) is 43.5. The van der Waals surface area contributed by atoms with Crippen molar-refractivity contribution in [1.29, 1.82) is 0 Å². The first-order valence-electron chi connectivity index (χ1n) is 17.8. The van der Waals surface area contributed by atoms with Crippen LogP contribution in [0.2, 0.25) is 0 Å². The lowest BCUT2D eigenvalue weighted by atomic mass is 10.1. The number of carbonyl (C=O) groups excluding carboxylic acids is 1. The molecule has 262 valence electrons. The van der Waals surface area contributed by atoms with E-state index >= 15 is 0 Å². The topological polar surface area (TPSA) is 104 Å². The molecule has 0 saturated carbocycles. The minimum Gasteiger partial charge on any atom is -0.387 e. The fraction of sp³-hybridized carbons (Fsp3) is 0.615. The van der Waals surface area contributed by atoms with Crippen LogP contribution >= 0.6 is 0 Å². The summed E-state index contributed by atoms with van der Waals surface area (Å²) >= 11 is 0. The smallest absolute Gasteiger partial charge is 0.267 e. The first-order valence-corrected chi connectivity index (χ1v) is 19.4. The zero-order valence-corrected chi connectivity index (χ0v) is 29.7. The van der Waals surface area contributed by atoms with Gasteiger partial charge < -0.3 is 10.4 Å². The maximum atomic E-state index is 12.4. The van der Waals surface area contributed by atoms with E-state index in [1.807, 2.05) is 6.08 Å². The molecule has 0 heterocycles. The summed E-state index contributed by atoms with van der Waals surface area (Å²) in [5.74, 6) is -1.03. The van der Waals surface area contributed by atoms with Gasteiger partial charge in [-0.25, -0.2) is 0 Å². The third kappa shape index (κ3) is 32.9. The molecule has 2 atom stereocenters. The summed E-state index contributed by atoms with van der Waals surface area (Å²) in [7, 11) is -4.35. The third-order valence-corrected chi connectivity index (χ3v) is 8.11. The number of amides is 1. The molecule has 0 aliphatic carbocycles. The zero-order valence-electron chi connectivity index (χ0n) is 28.9. The Bertz CT molecular complexity index is 1040. The zero-order chi connectivity index (χ0) is 34.0. The quantitative estimate of drug-likeness (QED) is 0.0404. The van der Waals surface area contributed by atoms with Crippen molar-refractivity contribution < 1.29 is 22.9 Å². The van der Waals surface area contributed by atoms with Crippen molar-refractivity contribution in [2.24, 2.45) is 0 Å². The number of hydrogen-bond acceptors (Lipinski definition) is 4. The number of carbonyl (C=O) groups is 1. The van der Waals surface area contributed by atoms with E-state index in [-0.39, 0.29) is 12.3 Å². The number of rotatable bonds is 30. The van der Waals surface area contributed by atoms with Gasteiger partial charge in [0.05, 0.1) is 17.9 Å². The van der Waals surface area contributed by atoms with Gasteiger partial charge >= 0.3 is 0 Å². The molecule has 0 aromatic carbocycles. The Labute approximate surface area is 282 Å². The Morgan fingerprint density at radius 1 is 0.609 bits per heavy atom. The molecule has 0 fully saturated rings. The largest absolute Gasteiger partial charge is 0.387 e. The normalized spacial score (nSPS) is 14.4. The van der Waals surface area contributed by atoms with E-state index in [0.29, 0.717) is 6.42 Å². The summed E-state index contributed by atoms with van der Waals surface area (Å²) in [6.45, 7) is 4.33. The van der Waals surface area contributed by atoms with Crippen LogP contribution in [0.5, 0.6) is 0 Å². The van der Waals surface area contributed by atoms with Gasteiger partial charge in [0.15, 0.2) is 0 Å². The Morgan fingerprint density at radius 3 is 1.54 bits per heavy atom. The average Bonchev–Trinajstić information content (AvgIpc) is 3.01. The van der Waals surface area contributed by atoms with Gasteiger partial charge in [-0.15, -0.1) is 0 Å². The molecule has 46 heavy (non-hydrogen) atoms. The molecule has 0 radical (unpaired) electrons. The van der Waals surface area contributed by atoms with E-state index in [2.05, 4.69) is 92.1 Å². The van der Waals surface area contributed by atoms with E-state index in [4.69, 9.17) is 0 Å². The predicted molar refractivity (Wildman–Crippen MR) is 197 cm³/mol. The number of unbranched alkanes of at least 4 members (excludes halogenated alkanes) is 10. The molecule has 0 aromatic heterocycles. The number of hydrogen-bond donors (Lipinski definition) is 3. The maximum Gasteiger partial charge on any atom is 0.267 e. The molecule has 0 rings (SSSR count). The Kier molecular flexibility index (Phi) is 30.7. The lowest BCUT2D eigenvalue weighted by Crippen LogP contribution is -2.46. The summed E-state index contributed by atoms with van der Waals surface area (Å²) in [4.78, 5) is 12.4. The van der Waals surface area contributed by atoms with Crippen LogP contribution in [0.15, 0.2) is 85.1 Å². The summed E-state index contributed by atoms with van der Waals surface area (Å²) in [5.41, 5.74) is 0. The molecule has 0 bridgehead atoms. The molecule has 0 aliphatic rings. The summed E-state index contributed by atoms with van der Waals surface area (Å²) in [6, 6.07) is -1.07. The van der Waals surface area contributed by atoms with Crippen LogP contribution in [0.3, 0.4) is 0 Å². The molecular formula is C39H65NO5S. The highest BCUT2D eigenvalue weighted by Gasteiger charge is 2.24. The summed E-state index contributed by atoms with van der Waals surface area (Å²) < 4.78 is 32.2. The molecule has 1 amide bonds. The predicted octanol–water partition coefficient (Wildman–Crippen LogP) is 10.1. The van der Waals surface area contributed by atoms with Gasteiger partial charge in [-0.2, -0.15) is 8.42 Å². The average molecular weight is 660 g/mol. The van der Waals surface area contributed by atoms with Crippen LogP contribution in [-0.2, 0) is 14.9 Å². The van der Waals surface area contributed by atoms with Crippen LogP contribution in [0.4, 0.5) is 0 Å². The maximum absolute atomic E-state index is 12.4. The Balaban J connectivity index is 4.01. The SMILES string of the molecule is CC/C=C\C/C=C\C/C=C\C/C=C\C/C=C\C/C=C\CCCCCCC(=O)NC(CS(=O)(=O)O)C(O)/C=C/CCCCCCCC. The highest BCUT2D eigenvalue weighted by molar-refractivity contribution is 7.85. The number of aliphatic hydroxyl groups excluding tert-OH is 1. The minimum absolute atomic E-state index is 0.260. The Morgan fingerprint density at radius 2 is 1.04 bits per heavy atom. The molecule has 6 nitrogen and oxygen atoms in total. The van der Waals surface area contributed by atoms with Crippen LogP contribution in [0.25, 0.3) is 0 Å². The molecule has 3 N–H and O–H groups in total. The third-order valence-electron chi connectivity index (χ3n) is 7.33. The van der Waals surface area contributed by atoms with Crippen LogP contribution in [0, 0.1) is 0 Å². The second-order valence-corrected chi connectivity index (χ2v) is 13.3. The van der Waals surface area contributed by atoms with E-state index in [0.717, 1.165) is 83.5 Å². The van der Waals surface area contributed by atoms with Crippen molar-refractivity contribution in [2.75, 3.05) is 5.75 Å². The van der Waals surface area contributed by atoms with Crippen molar-refractivity contribution in [2.45, 2.75) is 148 Å². The lowest BCUT2D eigenvalue weighted by Gasteiger charge is -2.21. The number of nitrogens with one attached hydrogen (secondary N) is 1. The van der Waals surface area contributed by atoms with Gasteiger partial charge in [0.1, 0.15) is 0 Å². The molecule has 7 heteroatoms. The van der Waals surface area contributed by atoms with E-state index in [9.17, 15) is 22.9 Å². The summed E-state index contributed by atoms with van der Waals surface area (Å²) in [5, 5.41) is 13.1. The van der Waals surface area contributed by atoms with Crippen LogP contribution < -0.4 is 5.32 Å². The molecule has 2 unspecified atom stereocenters. The van der Waals surface area contributed by atoms with Gasteiger partial charge in [0.25, 0.3) is 10.1 Å². The van der Waals surface area contributed by atoms with Crippen LogP contribution in [-0.4, -0.2) is 41.9 Å². The highest BCUT2D eigenvalue weighted by Crippen LogP contribution is 2.10. The fourth-order valence-electron chi connectivity index (χ4n) is 4.68. The van der Waals surface area contributed by atoms with Gasteiger partial charge in [-0.1, -0.05) is 144 Å².